The van der Waals surface area contributed by atoms with Gasteiger partial charge in [0, 0.05) is 12.3 Å². The van der Waals surface area contributed by atoms with E-state index in [1.807, 2.05) is 0 Å². The number of hydrogen-bond acceptors (Lipinski definition) is 1. The molecule has 0 bridgehead atoms. The Morgan fingerprint density at radius 3 is 2.62 bits per heavy atom. The molecule has 2 aliphatic carbocycles. The predicted octanol–water partition coefficient (Wildman–Crippen LogP) is 4.13. The van der Waals surface area contributed by atoms with Gasteiger partial charge in [0.1, 0.15) is 5.78 Å². The van der Waals surface area contributed by atoms with Crippen LogP contribution in [0.1, 0.15) is 59.3 Å². The van der Waals surface area contributed by atoms with Crippen molar-refractivity contribution in [3.05, 3.63) is 11.6 Å². The zero-order chi connectivity index (χ0) is 11.8. The van der Waals surface area contributed by atoms with Crippen molar-refractivity contribution in [2.45, 2.75) is 59.3 Å². The van der Waals surface area contributed by atoms with Gasteiger partial charge < -0.3 is 0 Å². The summed E-state index contributed by atoms with van der Waals surface area (Å²) in [6.07, 6.45) is 9.11. The molecule has 0 saturated heterocycles. The number of carbonyl (C=O) groups is 1. The highest BCUT2D eigenvalue weighted by Gasteiger charge is 2.35. The fourth-order valence-corrected chi connectivity index (χ4v) is 3.27. The van der Waals surface area contributed by atoms with Gasteiger partial charge in [0.2, 0.25) is 0 Å². The van der Waals surface area contributed by atoms with Gasteiger partial charge in [-0.05, 0) is 50.4 Å². The molecule has 1 heteroatoms. The van der Waals surface area contributed by atoms with Crippen LogP contribution in [0.4, 0.5) is 0 Å². The quantitative estimate of drug-likeness (QED) is 0.654. The first kappa shape index (κ1) is 11.9. The SMILES string of the molecule is CC1=CCC(CCC2CCCC2=O)C1(C)C. The van der Waals surface area contributed by atoms with Crippen LogP contribution < -0.4 is 0 Å². The lowest BCUT2D eigenvalue weighted by atomic mass is 9.74. The van der Waals surface area contributed by atoms with E-state index < -0.39 is 0 Å². The number of ketones is 1. The molecule has 1 nitrogen and oxygen atoms in total. The third-order valence-corrected chi connectivity index (χ3v) is 5.04. The van der Waals surface area contributed by atoms with Crippen molar-refractivity contribution in [1.82, 2.24) is 0 Å². The van der Waals surface area contributed by atoms with E-state index in [1.54, 1.807) is 0 Å². The van der Waals surface area contributed by atoms with Crippen molar-refractivity contribution in [3.8, 4) is 0 Å². The molecule has 2 rings (SSSR count). The van der Waals surface area contributed by atoms with E-state index in [0.29, 0.717) is 17.1 Å². The molecule has 0 amide bonds. The Morgan fingerprint density at radius 1 is 1.38 bits per heavy atom. The van der Waals surface area contributed by atoms with Gasteiger partial charge in [-0.2, -0.15) is 0 Å². The van der Waals surface area contributed by atoms with Crippen LogP contribution in [-0.4, -0.2) is 5.78 Å². The van der Waals surface area contributed by atoms with Crippen LogP contribution in [0.5, 0.6) is 0 Å². The summed E-state index contributed by atoms with van der Waals surface area (Å²) >= 11 is 0. The molecule has 2 unspecified atom stereocenters. The maximum Gasteiger partial charge on any atom is 0.135 e. The highest BCUT2D eigenvalue weighted by molar-refractivity contribution is 5.82. The monoisotopic (exact) mass is 220 g/mol. The number of Topliss-reactive ketones (excluding diaryl/α,β-unsaturated/α-hetero) is 1. The topological polar surface area (TPSA) is 17.1 Å². The van der Waals surface area contributed by atoms with Gasteiger partial charge >= 0.3 is 0 Å². The normalized spacial score (nSPS) is 33.2. The van der Waals surface area contributed by atoms with E-state index in [1.165, 1.54) is 18.4 Å². The van der Waals surface area contributed by atoms with Crippen molar-refractivity contribution in [1.29, 1.82) is 0 Å². The van der Waals surface area contributed by atoms with Gasteiger partial charge in [-0.25, -0.2) is 0 Å². The smallest absolute Gasteiger partial charge is 0.135 e. The lowest BCUT2D eigenvalue weighted by Crippen LogP contribution is -2.21. The van der Waals surface area contributed by atoms with Crippen LogP contribution in [0.15, 0.2) is 11.6 Å². The minimum Gasteiger partial charge on any atom is -0.299 e. The fourth-order valence-electron chi connectivity index (χ4n) is 3.27. The van der Waals surface area contributed by atoms with Gasteiger partial charge in [-0.15, -0.1) is 0 Å². The summed E-state index contributed by atoms with van der Waals surface area (Å²) in [5.41, 5.74) is 1.90. The molecule has 0 aromatic heterocycles. The molecular formula is C15H24O. The highest BCUT2D eigenvalue weighted by Crippen LogP contribution is 2.46. The summed E-state index contributed by atoms with van der Waals surface area (Å²) in [6.45, 7) is 6.96. The highest BCUT2D eigenvalue weighted by atomic mass is 16.1. The zero-order valence-electron chi connectivity index (χ0n) is 10.9. The summed E-state index contributed by atoms with van der Waals surface area (Å²) < 4.78 is 0. The second-order valence-electron chi connectivity index (χ2n) is 6.17. The summed E-state index contributed by atoms with van der Waals surface area (Å²) in [7, 11) is 0. The maximum atomic E-state index is 11.6. The molecule has 0 radical (unpaired) electrons. The number of hydrogen-bond donors (Lipinski definition) is 0. The Balaban J connectivity index is 1.85. The molecular weight excluding hydrogens is 196 g/mol. The van der Waals surface area contributed by atoms with E-state index >= 15 is 0 Å². The first-order valence-corrected chi connectivity index (χ1v) is 6.71. The van der Waals surface area contributed by atoms with Crippen molar-refractivity contribution in [2.75, 3.05) is 0 Å². The molecule has 0 spiro atoms. The van der Waals surface area contributed by atoms with Crippen LogP contribution in [0.2, 0.25) is 0 Å². The minimum absolute atomic E-state index is 0.363. The Kier molecular flexibility index (Phi) is 3.23. The Hall–Kier alpha value is -0.590. The lowest BCUT2D eigenvalue weighted by molar-refractivity contribution is -0.120. The zero-order valence-corrected chi connectivity index (χ0v) is 10.9. The van der Waals surface area contributed by atoms with Crippen molar-refractivity contribution < 1.29 is 4.79 Å². The van der Waals surface area contributed by atoms with Gasteiger partial charge in [0.05, 0.1) is 0 Å². The third kappa shape index (κ3) is 2.09. The fraction of sp³-hybridized carbons (Fsp3) is 0.800. The molecule has 2 atom stereocenters. The Bertz CT molecular complexity index is 311. The molecule has 0 N–H and O–H groups in total. The molecule has 90 valence electrons. The average molecular weight is 220 g/mol. The Labute approximate surface area is 99.3 Å². The minimum atomic E-state index is 0.363. The summed E-state index contributed by atoms with van der Waals surface area (Å²) in [6, 6.07) is 0. The molecule has 0 aliphatic heterocycles. The second-order valence-corrected chi connectivity index (χ2v) is 6.17. The van der Waals surface area contributed by atoms with Gasteiger partial charge in [-0.1, -0.05) is 25.5 Å². The molecule has 0 aromatic rings. The second kappa shape index (κ2) is 4.35. The van der Waals surface area contributed by atoms with Gasteiger partial charge in [0.15, 0.2) is 0 Å². The molecule has 2 aliphatic rings. The molecule has 1 saturated carbocycles. The molecule has 16 heavy (non-hydrogen) atoms. The van der Waals surface area contributed by atoms with Gasteiger partial charge in [-0.3, -0.25) is 4.79 Å². The van der Waals surface area contributed by atoms with Crippen molar-refractivity contribution in [2.24, 2.45) is 17.3 Å². The van der Waals surface area contributed by atoms with Crippen LogP contribution in [0, 0.1) is 17.3 Å². The first-order chi connectivity index (χ1) is 7.51. The first-order valence-electron chi connectivity index (χ1n) is 6.71. The van der Waals surface area contributed by atoms with Crippen LogP contribution in [-0.2, 0) is 4.79 Å². The number of rotatable bonds is 3. The summed E-state index contributed by atoms with van der Waals surface area (Å²) in [5, 5.41) is 0. The predicted molar refractivity (Wildman–Crippen MR) is 67.2 cm³/mol. The lowest BCUT2D eigenvalue weighted by Gasteiger charge is -2.30. The molecule has 0 heterocycles. The van der Waals surface area contributed by atoms with E-state index in [0.717, 1.165) is 31.6 Å². The number of allylic oxidation sites excluding steroid dienone is 2. The molecule has 1 fully saturated rings. The van der Waals surface area contributed by atoms with E-state index in [2.05, 4.69) is 26.8 Å². The maximum absolute atomic E-state index is 11.6. The van der Waals surface area contributed by atoms with Crippen LogP contribution >= 0.6 is 0 Å². The average Bonchev–Trinajstić information content (AvgIpc) is 2.72. The van der Waals surface area contributed by atoms with E-state index in [-0.39, 0.29) is 0 Å². The van der Waals surface area contributed by atoms with Crippen LogP contribution in [0.3, 0.4) is 0 Å². The standard InChI is InChI=1S/C15H24O/c1-11-7-9-13(15(11,2)3)10-8-12-5-4-6-14(12)16/h7,12-13H,4-6,8-10H2,1-3H3. The summed E-state index contributed by atoms with van der Waals surface area (Å²) in [4.78, 5) is 11.6. The number of carbonyl (C=O) groups excluding carboxylic acids is 1. The van der Waals surface area contributed by atoms with E-state index in [9.17, 15) is 4.79 Å². The van der Waals surface area contributed by atoms with Crippen LogP contribution in [0.25, 0.3) is 0 Å². The van der Waals surface area contributed by atoms with Gasteiger partial charge in [0.25, 0.3) is 0 Å². The third-order valence-electron chi connectivity index (χ3n) is 5.04. The summed E-state index contributed by atoms with van der Waals surface area (Å²) in [5.74, 6) is 1.69. The molecule has 0 aromatic carbocycles. The van der Waals surface area contributed by atoms with Crippen molar-refractivity contribution in [3.63, 3.8) is 0 Å². The van der Waals surface area contributed by atoms with E-state index in [4.69, 9.17) is 0 Å². The largest absolute Gasteiger partial charge is 0.299 e. The van der Waals surface area contributed by atoms with Crippen molar-refractivity contribution >= 4 is 5.78 Å². The Morgan fingerprint density at radius 2 is 2.12 bits per heavy atom.